The SMILES string of the molecule is C=CC(=O)NC(C)(CC)C(C)C(C)=O. The van der Waals surface area contributed by atoms with Crippen molar-refractivity contribution in [1.82, 2.24) is 5.32 Å². The molecular weight excluding hydrogens is 178 g/mol. The molecule has 3 heteroatoms. The average Bonchev–Trinajstić information content (AvgIpc) is 2.15. The lowest BCUT2D eigenvalue weighted by Crippen LogP contribution is -2.51. The summed E-state index contributed by atoms with van der Waals surface area (Å²) < 4.78 is 0. The van der Waals surface area contributed by atoms with Crippen molar-refractivity contribution in [3.05, 3.63) is 12.7 Å². The maximum Gasteiger partial charge on any atom is 0.243 e. The summed E-state index contributed by atoms with van der Waals surface area (Å²) >= 11 is 0. The molecule has 80 valence electrons. The van der Waals surface area contributed by atoms with Gasteiger partial charge in [-0.25, -0.2) is 0 Å². The van der Waals surface area contributed by atoms with Crippen molar-refractivity contribution in [3.8, 4) is 0 Å². The van der Waals surface area contributed by atoms with Crippen molar-refractivity contribution in [2.45, 2.75) is 39.7 Å². The summed E-state index contributed by atoms with van der Waals surface area (Å²) in [6, 6.07) is 0. The van der Waals surface area contributed by atoms with E-state index in [4.69, 9.17) is 0 Å². The van der Waals surface area contributed by atoms with E-state index in [-0.39, 0.29) is 17.6 Å². The summed E-state index contributed by atoms with van der Waals surface area (Å²) in [6.07, 6.45) is 1.94. The summed E-state index contributed by atoms with van der Waals surface area (Å²) in [5.41, 5.74) is -0.475. The molecule has 0 bridgehead atoms. The second-order valence-corrected chi connectivity index (χ2v) is 3.80. The Labute approximate surface area is 85.6 Å². The highest BCUT2D eigenvalue weighted by Crippen LogP contribution is 2.21. The van der Waals surface area contributed by atoms with Gasteiger partial charge in [0.15, 0.2) is 0 Å². The van der Waals surface area contributed by atoms with Crippen molar-refractivity contribution in [2.75, 3.05) is 0 Å². The first-order valence-corrected chi connectivity index (χ1v) is 4.82. The molecule has 0 spiro atoms. The number of carbonyl (C=O) groups is 2. The summed E-state index contributed by atoms with van der Waals surface area (Å²) in [5.74, 6) is -0.336. The van der Waals surface area contributed by atoms with Crippen LogP contribution in [0.25, 0.3) is 0 Å². The van der Waals surface area contributed by atoms with Gasteiger partial charge in [0, 0.05) is 11.5 Å². The number of carbonyl (C=O) groups excluding carboxylic acids is 2. The van der Waals surface area contributed by atoms with E-state index in [9.17, 15) is 9.59 Å². The molecule has 3 nitrogen and oxygen atoms in total. The van der Waals surface area contributed by atoms with Crippen LogP contribution in [0.3, 0.4) is 0 Å². The van der Waals surface area contributed by atoms with Gasteiger partial charge < -0.3 is 5.32 Å². The Morgan fingerprint density at radius 1 is 1.57 bits per heavy atom. The first-order chi connectivity index (χ1) is 6.37. The molecule has 2 unspecified atom stereocenters. The van der Waals surface area contributed by atoms with E-state index in [1.165, 1.54) is 6.08 Å². The van der Waals surface area contributed by atoms with E-state index in [0.29, 0.717) is 6.42 Å². The lowest BCUT2D eigenvalue weighted by Gasteiger charge is -2.34. The van der Waals surface area contributed by atoms with Crippen LogP contribution in [-0.2, 0) is 9.59 Å². The van der Waals surface area contributed by atoms with Crippen molar-refractivity contribution in [3.63, 3.8) is 0 Å². The van der Waals surface area contributed by atoms with Crippen molar-refractivity contribution in [1.29, 1.82) is 0 Å². The highest BCUT2D eigenvalue weighted by Gasteiger charge is 2.33. The predicted octanol–water partition coefficient (Wildman–Crippen LogP) is 1.68. The summed E-state index contributed by atoms with van der Waals surface area (Å²) in [6.45, 7) is 10.6. The van der Waals surface area contributed by atoms with Gasteiger partial charge in [-0.1, -0.05) is 20.4 Å². The van der Waals surface area contributed by atoms with Crippen LogP contribution in [0.2, 0.25) is 0 Å². The Bertz CT molecular complexity index is 248. The van der Waals surface area contributed by atoms with E-state index in [2.05, 4.69) is 11.9 Å². The summed E-state index contributed by atoms with van der Waals surface area (Å²) in [5, 5.41) is 2.80. The van der Waals surface area contributed by atoms with Gasteiger partial charge in [-0.15, -0.1) is 0 Å². The lowest BCUT2D eigenvalue weighted by atomic mass is 9.82. The van der Waals surface area contributed by atoms with Gasteiger partial charge >= 0.3 is 0 Å². The maximum absolute atomic E-state index is 11.2. The molecule has 0 aromatic rings. The van der Waals surface area contributed by atoms with Crippen LogP contribution in [0, 0.1) is 5.92 Å². The summed E-state index contributed by atoms with van der Waals surface area (Å²) in [7, 11) is 0. The van der Waals surface area contributed by atoms with Crippen LogP contribution < -0.4 is 5.32 Å². The molecule has 14 heavy (non-hydrogen) atoms. The largest absolute Gasteiger partial charge is 0.347 e. The van der Waals surface area contributed by atoms with Crippen molar-refractivity contribution in [2.24, 2.45) is 5.92 Å². The fourth-order valence-electron chi connectivity index (χ4n) is 1.28. The van der Waals surface area contributed by atoms with Crippen molar-refractivity contribution >= 4 is 11.7 Å². The Balaban J connectivity index is 4.70. The third kappa shape index (κ3) is 2.98. The monoisotopic (exact) mass is 197 g/mol. The van der Waals surface area contributed by atoms with Crippen LogP contribution in [-0.4, -0.2) is 17.2 Å². The van der Waals surface area contributed by atoms with Gasteiger partial charge in [0.2, 0.25) is 5.91 Å². The highest BCUT2D eigenvalue weighted by atomic mass is 16.1. The fraction of sp³-hybridized carbons (Fsp3) is 0.636. The molecular formula is C11H19NO2. The molecule has 0 aliphatic carbocycles. The molecule has 0 radical (unpaired) electrons. The number of ketones is 1. The molecule has 0 aliphatic rings. The first-order valence-electron chi connectivity index (χ1n) is 4.82. The minimum absolute atomic E-state index is 0.0821. The van der Waals surface area contributed by atoms with E-state index in [1.807, 2.05) is 20.8 Å². The van der Waals surface area contributed by atoms with Crippen LogP contribution in [0.5, 0.6) is 0 Å². The van der Waals surface area contributed by atoms with E-state index in [0.717, 1.165) is 0 Å². The number of rotatable bonds is 5. The van der Waals surface area contributed by atoms with E-state index in [1.54, 1.807) is 6.92 Å². The zero-order valence-electron chi connectivity index (χ0n) is 9.39. The van der Waals surface area contributed by atoms with Crippen LogP contribution in [0.1, 0.15) is 34.1 Å². The molecule has 0 saturated heterocycles. The van der Waals surface area contributed by atoms with Gasteiger partial charge in [0.1, 0.15) is 5.78 Å². The molecule has 0 aromatic carbocycles. The van der Waals surface area contributed by atoms with Gasteiger partial charge in [-0.05, 0) is 26.3 Å². The average molecular weight is 197 g/mol. The second-order valence-electron chi connectivity index (χ2n) is 3.80. The van der Waals surface area contributed by atoms with Crippen LogP contribution in [0.4, 0.5) is 0 Å². The van der Waals surface area contributed by atoms with Gasteiger partial charge in [-0.3, -0.25) is 9.59 Å². The number of nitrogens with one attached hydrogen (secondary N) is 1. The maximum atomic E-state index is 11.2. The van der Waals surface area contributed by atoms with Gasteiger partial charge in [-0.2, -0.15) is 0 Å². The summed E-state index contributed by atoms with van der Waals surface area (Å²) in [4.78, 5) is 22.4. The molecule has 0 aromatic heterocycles. The van der Waals surface area contributed by atoms with Crippen LogP contribution in [0.15, 0.2) is 12.7 Å². The Morgan fingerprint density at radius 2 is 2.07 bits per heavy atom. The molecule has 0 fully saturated rings. The van der Waals surface area contributed by atoms with Gasteiger partial charge in [0.05, 0.1) is 0 Å². The molecule has 0 aliphatic heterocycles. The predicted molar refractivity (Wildman–Crippen MR) is 56.9 cm³/mol. The number of Topliss-reactive ketones (excluding diaryl/α,β-unsaturated/α-hetero) is 1. The minimum atomic E-state index is -0.475. The standard InChI is InChI=1S/C11H19NO2/c1-6-10(14)12-11(5,7-2)8(3)9(4)13/h6,8H,1,7H2,2-5H3,(H,12,14). The zero-order valence-corrected chi connectivity index (χ0v) is 9.39. The zero-order chi connectivity index (χ0) is 11.4. The smallest absolute Gasteiger partial charge is 0.243 e. The van der Waals surface area contributed by atoms with Gasteiger partial charge in [0.25, 0.3) is 0 Å². The van der Waals surface area contributed by atoms with Crippen molar-refractivity contribution < 1.29 is 9.59 Å². The molecule has 0 saturated carbocycles. The Kier molecular flexibility index (Phi) is 4.54. The quantitative estimate of drug-likeness (QED) is 0.682. The number of amides is 1. The molecule has 2 atom stereocenters. The molecule has 1 amide bonds. The third-order valence-corrected chi connectivity index (χ3v) is 2.89. The first kappa shape index (κ1) is 12.9. The Morgan fingerprint density at radius 3 is 2.36 bits per heavy atom. The highest BCUT2D eigenvalue weighted by molar-refractivity contribution is 5.88. The third-order valence-electron chi connectivity index (χ3n) is 2.89. The molecule has 1 N–H and O–H groups in total. The number of hydrogen-bond acceptors (Lipinski definition) is 2. The number of hydrogen-bond donors (Lipinski definition) is 1. The minimum Gasteiger partial charge on any atom is -0.347 e. The normalized spacial score (nSPS) is 16.6. The lowest BCUT2D eigenvalue weighted by molar-refractivity contribution is -0.124. The Hall–Kier alpha value is -1.12. The topological polar surface area (TPSA) is 46.2 Å². The molecule has 0 rings (SSSR count). The van der Waals surface area contributed by atoms with E-state index >= 15 is 0 Å². The fourth-order valence-corrected chi connectivity index (χ4v) is 1.28. The second kappa shape index (κ2) is 4.94. The van der Waals surface area contributed by atoms with E-state index < -0.39 is 5.54 Å². The van der Waals surface area contributed by atoms with Crippen LogP contribution >= 0.6 is 0 Å². The molecule has 0 heterocycles.